The van der Waals surface area contributed by atoms with Gasteiger partial charge in [-0.3, -0.25) is 9.59 Å². The molecule has 0 spiro atoms. The van der Waals surface area contributed by atoms with E-state index in [1.165, 1.54) is 0 Å². The van der Waals surface area contributed by atoms with Gasteiger partial charge < -0.3 is 9.47 Å². The van der Waals surface area contributed by atoms with Crippen LogP contribution in [0.15, 0.2) is 0 Å². The topological polar surface area (TPSA) is 86.7 Å². The molecule has 0 bridgehead atoms. The van der Waals surface area contributed by atoms with Crippen LogP contribution in [0.2, 0.25) is 0 Å². The van der Waals surface area contributed by atoms with Gasteiger partial charge in [0.25, 0.3) is 0 Å². The molecule has 0 aliphatic rings. The molecule has 0 fully saturated rings. The third-order valence-corrected chi connectivity index (χ3v) is 4.81. The van der Waals surface area contributed by atoms with Crippen LogP contribution < -0.4 is 0 Å². The average molecular weight is 399 g/mol. The largest absolute Gasteiger partial charge is 0.425 e. The Morgan fingerprint density at radius 3 is 1.18 bits per heavy atom. The maximum absolute atomic E-state index is 12.2. The number of carbonyl (C=O) groups is 4. The zero-order valence-corrected chi connectivity index (χ0v) is 18.1. The summed E-state index contributed by atoms with van der Waals surface area (Å²) in [5.41, 5.74) is 0. The molecule has 0 aliphatic carbocycles. The minimum Gasteiger partial charge on any atom is -0.384 e. The first kappa shape index (κ1) is 26.3. The lowest BCUT2D eigenvalue weighted by atomic mass is 9.96. The Morgan fingerprint density at radius 1 is 0.536 bits per heavy atom. The molecule has 0 rings (SSSR count). The highest BCUT2D eigenvalue weighted by atomic mass is 16.6. The summed E-state index contributed by atoms with van der Waals surface area (Å²) in [6.45, 7) is 8.03. The van der Waals surface area contributed by atoms with Crippen molar-refractivity contribution in [2.45, 2.75) is 105 Å². The molecule has 0 aromatic heterocycles. The van der Waals surface area contributed by atoms with Gasteiger partial charge in [-0.15, -0.1) is 0 Å². The minimum absolute atomic E-state index is 0.411. The van der Waals surface area contributed by atoms with Gasteiger partial charge in [0.2, 0.25) is 0 Å². The maximum atomic E-state index is 12.2. The van der Waals surface area contributed by atoms with Crippen molar-refractivity contribution < 1.29 is 28.7 Å². The Kier molecular flexibility index (Phi) is 15.3. The summed E-state index contributed by atoms with van der Waals surface area (Å²) in [5, 5.41) is 0. The van der Waals surface area contributed by atoms with Crippen LogP contribution in [0.4, 0.5) is 0 Å². The quantitative estimate of drug-likeness (QED) is 0.175. The molecule has 2 unspecified atom stereocenters. The fourth-order valence-corrected chi connectivity index (χ4v) is 3.17. The van der Waals surface area contributed by atoms with Crippen LogP contribution in [-0.2, 0) is 28.7 Å². The van der Waals surface area contributed by atoms with Crippen molar-refractivity contribution in [1.82, 2.24) is 0 Å². The van der Waals surface area contributed by atoms with E-state index in [0.717, 1.165) is 51.4 Å². The molecule has 0 radical (unpaired) electrons. The summed E-state index contributed by atoms with van der Waals surface area (Å²) in [7, 11) is 0. The molecule has 0 saturated carbocycles. The highest BCUT2D eigenvalue weighted by molar-refractivity contribution is 6.33. The van der Waals surface area contributed by atoms with Gasteiger partial charge in [-0.05, 0) is 25.7 Å². The van der Waals surface area contributed by atoms with E-state index in [0.29, 0.717) is 25.7 Å². The lowest BCUT2D eigenvalue weighted by Crippen LogP contribution is -2.31. The molecule has 6 heteroatoms. The van der Waals surface area contributed by atoms with Gasteiger partial charge in [0, 0.05) is 0 Å². The first-order valence-corrected chi connectivity index (χ1v) is 10.9. The number of unbranched alkanes of at least 4 members (excludes halogenated alkanes) is 4. The molecule has 0 N–H and O–H groups in total. The number of carbonyl (C=O) groups excluding carboxylic acids is 4. The Labute approximate surface area is 169 Å². The number of rotatable bonds is 14. The second-order valence-electron chi connectivity index (χ2n) is 7.38. The third-order valence-electron chi connectivity index (χ3n) is 4.81. The summed E-state index contributed by atoms with van der Waals surface area (Å²) in [6.07, 6.45) is 9.77. The van der Waals surface area contributed by atoms with Gasteiger partial charge in [-0.2, -0.15) is 0 Å². The van der Waals surface area contributed by atoms with Gasteiger partial charge in [0.1, 0.15) is 0 Å². The van der Waals surface area contributed by atoms with E-state index in [-0.39, 0.29) is 0 Å². The van der Waals surface area contributed by atoms with Gasteiger partial charge in [-0.1, -0.05) is 79.1 Å². The molecule has 28 heavy (non-hydrogen) atoms. The van der Waals surface area contributed by atoms with Crippen LogP contribution in [0, 0.1) is 11.8 Å². The summed E-state index contributed by atoms with van der Waals surface area (Å²) in [4.78, 5) is 48.2. The predicted molar refractivity (Wildman–Crippen MR) is 107 cm³/mol. The molecule has 0 heterocycles. The number of hydrogen-bond acceptors (Lipinski definition) is 6. The zero-order valence-electron chi connectivity index (χ0n) is 18.1. The Morgan fingerprint density at radius 2 is 0.893 bits per heavy atom. The molecule has 0 aromatic carbocycles. The smallest absolute Gasteiger partial charge is 0.384 e. The summed E-state index contributed by atoms with van der Waals surface area (Å²) < 4.78 is 9.38. The van der Waals surface area contributed by atoms with Gasteiger partial charge in [0.15, 0.2) is 0 Å². The summed E-state index contributed by atoms with van der Waals surface area (Å²) in [5.74, 6) is -5.05. The molecule has 0 saturated heterocycles. The molecular formula is C22H38O6. The molecule has 6 nitrogen and oxygen atoms in total. The Hall–Kier alpha value is -1.72. The van der Waals surface area contributed by atoms with E-state index >= 15 is 0 Å². The Bertz CT molecular complexity index is 441. The van der Waals surface area contributed by atoms with Crippen molar-refractivity contribution in [3.63, 3.8) is 0 Å². The highest BCUT2D eigenvalue weighted by Crippen LogP contribution is 2.19. The van der Waals surface area contributed by atoms with Crippen molar-refractivity contribution in [3.8, 4) is 0 Å². The first-order valence-electron chi connectivity index (χ1n) is 10.9. The van der Waals surface area contributed by atoms with Crippen LogP contribution >= 0.6 is 0 Å². The van der Waals surface area contributed by atoms with Crippen LogP contribution in [0.1, 0.15) is 105 Å². The standard InChI is InChI=1S/C22H38O6/c1-5-9-11-15-17(13-7-3)19(23)27-21(25)22(26)28-20(24)18(14-8-4)16-12-10-6-2/h17-18H,5-16H2,1-4H3. The predicted octanol–water partition coefficient (Wildman–Crippen LogP) is 5.12. The third kappa shape index (κ3) is 11.2. The first-order chi connectivity index (χ1) is 13.4. The summed E-state index contributed by atoms with van der Waals surface area (Å²) in [6, 6.07) is 0. The maximum Gasteiger partial charge on any atom is 0.425 e. The van der Waals surface area contributed by atoms with Gasteiger partial charge >= 0.3 is 23.9 Å². The lowest BCUT2D eigenvalue weighted by Gasteiger charge is -2.15. The van der Waals surface area contributed by atoms with E-state index in [2.05, 4.69) is 13.8 Å². The fraction of sp³-hybridized carbons (Fsp3) is 0.818. The van der Waals surface area contributed by atoms with Crippen molar-refractivity contribution in [2.75, 3.05) is 0 Å². The van der Waals surface area contributed by atoms with E-state index in [1.807, 2.05) is 13.8 Å². The van der Waals surface area contributed by atoms with Gasteiger partial charge in [-0.25, -0.2) is 9.59 Å². The van der Waals surface area contributed by atoms with E-state index in [4.69, 9.17) is 9.47 Å². The molecule has 162 valence electrons. The Balaban J connectivity index is 4.65. The van der Waals surface area contributed by atoms with Crippen LogP contribution in [0.25, 0.3) is 0 Å². The van der Waals surface area contributed by atoms with Crippen molar-refractivity contribution in [3.05, 3.63) is 0 Å². The number of hydrogen-bond donors (Lipinski definition) is 0. The minimum atomic E-state index is -1.40. The molecule has 2 atom stereocenters. The second kappa shape index (κ2) is 16.3. The average Bonchev–Trinajstić information content (AvgIpc) is 2.66. The van der Waals surface area contributed by atoms with Crippen LogP contribution in [0.5, 0.6) is 0 Å². The molecule has 0 aliphatic heterocycles. The molecular weight excluding hydrogens is 360 g/mol. The lowest BCUT2D eigenvalue weighted by molar-refractivity contribution is -0.180. The van der Waals surface area contributed by atoms with Crippen molar-refractivity contribution in [1.29, 1.82) is 0 Å². The zero-order chi connectivity index (χ0) is 21.4. The van der Waals surface area contributed by atoms with Crippen LogP contribution in [-0.4, -0.2) is 23.9 Å². The van der Waals surface area contributed by atoms with Crippen molar-refractivity contribution in [2.24, 2.45) is 11.8 Å². The normalized spacial score (nSPS) is 12.9. The monoisotopic (exact) mass is 398 g/mol. The molecule has 0 aromatic rings. The number of esters is 4. The van der Waals surface area contributed by atoms with Crippen LogP contribution in [0.3, 0.4) is 0 Å². The van der Waals surface area contributed by atoms with E-state index in [9.17, 15) is 19.2 Å². The molecule has 0 amide bonds. The van der Waals surface area contributed by atoms with E-state index < -0.39 is 35.7 Å². The second-order valence-corrected chi connectivity index (χ2v) is 7.38. The van der Waals surface area contributed by atoms with Gasteiger partial charge in [0.05, 0.1) is 11.8 Å². The van der Waals surface area contributed by atoms with Crippen molar-refractivity contribution >= 4 is 23.9 Å². The highest BCUT2D eigenvalue weighted by Gasteiger charge is 2.30. The fourth-order valence-electron chi connectivity index (χ4n) is 3.17. The van der Waals surface area contributed by atoms with E-state index in [1.54, 1.807) is 0 Å². The number of ether oxygens (including phenoxy) is 2. The SMILES string of the molecule is CCCCCC(CCC)C(=O)OC(=O)C(=O)OC(=O)C(CCC)CCCCC. The summed E-state index contributed by atoms with van der Waals surface area (Å²) >= 11 is 0.